The summed E-state index contributed by atoms with van der Waals surface area (Å²) in [5.74, 6) is 0. The molecule has 0 saturated carbocycles. The van der Waals surface area contributed by atoms with Crippen LogP contribution >= 0.6 is 0 Å². The maximum Gasteiger partial charge on any atom is 0.170 e. The zero-order valence-electron chi connectivity index (χ0n) is 9.79. The monoisotopic (exact) mass is 203 g/mol. The lowest BCUT2D eigenvalue weighted by molar-refractivity contribution is 0.412. The van der Waals surface area contributed by atoms with Crippen molar-refractivity contribution in [3.05, 3.63) is 29.5 Å². The highest BCUT2D eigenvalue weighted by atomic mass is 16.5. The molecule has 0 atom stereocenters. The second-order valence-corrected chi connectivity index (χ2v) is 5.35. The largest absolute Gasteiger partial charge is 0.356 e. The quantitative estimate of drug-likeness (QED) is 0.706. The lowest BCUT2D eigenvalue weighted by Gasteiger charge is -2.18. The Bertz CT molecular complexity index is 477. The first-order valence-corrected chi connectivity index (χ1v) is 5.30. The highest BCUT2D eigenvalue weighted by Gasteiger charge is 2.15. The minimum absolute atomic E-state index is 0.291. The second-order valence-electron chi connectivity index (χ2n) is 5.35. The van der Waals surface area contributed by atoms with Crippen molar-refractivity contribution in [2.45, 2.75) is 34.1 Å². The van der Waals surface area contributed by atoms with Crippen molar-refractivity contribution in [3.63, 3.8) is 0 Å². The Morgan fingerprint density at radius 1 is 1.27 bits per heavy atom. The Hall–Kier alpha value is -1.31. The summed E-state index contributed by atoms with van der Waals surface area (Å²) in [5, 5.41) is 5.04. The molecule has 0 aliphatic heterocycles. The van der Waals surface area contributed by atoms with Gasteiger partial charge in [0.2, 0.25) is 0 Å². The first-order valence-electron chi connectivity index (χ1n) is 5.30. The van der Waals surface area contributed by atoms with Gasteiger partial charge >= 0.3 is 0 Å². The van der Waals surface area contributed by atoms with Crippen LogP contribution in [0.25, 0.3) is 11.0 Å². The van der Waals surface area contributed by atoms with Gasteiger partial charge in [0.15, 0.2) is 5.58 Å². The van der Waals surface area contributed by atoms with E-state index in [2.05, 4.69) is 38.1 Å². The fourth-order valence-electron chi connectivity index (χ4n) is 1.87. The summed E-state index contributed by atoms with van der Waals surface area (Å²) in [5.41, 5.74) is 3.70. The van der Waals surface area contributed by atoms with Crippen LogP contribution in [-0.2, 0) is 6.42 Å². The van der Waals surface area contributed by atoms with Gasteiger partial charge in [-0.15, -0.1) is 0 Å². The van der Waals surface area contributed by atoms with E-state index in [1.807, 2.05) is 13.1 Å². The molecule has 80 valence electrons. The highest BCUT2D eigenvalue weighted by molar-refractivity contribution is 5.82. The Morgan fingerprint density at radius 2 is 2.00 bits per heavy atom. The first kappa shape index (κ1) is 10.2. The maximum atomic E-state index is 5.25. The van der Waals surface area contributed by atoms with Gasteiger partial charge in [0.25, 0.3) is 0 Å². The molecule has 0 fully saturated rings. The maximum absolute atomic E-state index is 5.25. The molecule has 2 rings (SSSR count). The molecule has 0 amide bonds. The second kappa shape index (κ2) is 3.37. The summed E-state index contributed by atoms with van der Waals surface area (Å²) < 4.78 is 5.25. The molecule has 1 aromatic heterocycles. The van der Waals surface area contributed by atoms with Gasteiger partial charge < -0.3 is 4.52 Å². The van der Waals surface area contributed by atoms with E-state index in [1.54, 1.807) is 0 Å². The molecule has 1 heterocycles. The van der Waals surface area contributed by atoms with Gasteiger partial charge in [-0.3, -0.25) is 0 Å². The van der Waals surface area contributed by atoms with E-state index in [1.165, 1.54) is 5.56 Å². The molecule has 2 heteroatoms. The predicted molar refractivity (Wildman–Crippen MR) is 61.9 cm³/mol. The van der Waals surface area contributed by atoms with E-state index in [-0.39, 0.29) is 0 Å². The average molecular weight is 203 g/mol. The third-order valence-electron chi connectivity index (χ3n) is 2.53. The average Bonchev–Trinajstić information content (AvgIpc) is 2.57. The SMILES string of the molecule is Cc1ccc(CC(C)(C)C)c2cnoc12. The number of aromatic nitrogens is 1. The summed E-state index contributed by atoms with van der Waals surface area (Å²) in [6, 6.07) is 4.29. The summed E-state index contributed by atoms with van der Waals surface area (Å²) in [6.07, 6.45) is 2.87. The number of hydrogen-bond donors (Lipinski definition) is 0. The molecule has 0 aliphatic carbocycles. The lowest BCUT2D eigenvalue weighted by Crippen LogP contribution is -2.09. The van der Waals surface area contributed by atoms with Crippen molar-refractivity contribution in [1.82, 2.24) is 5.16 Å². The molecular formula is C13H17NO. The molecule has 2 aromatic rings. The van der Waals surface area contributed by atoms with E-state index in [9.17, 15) is 0 Å². The van der Waals surface area contributed by atoms with Crippen LogP contribution < -0.4 is 0 Å². The molecule has 0 radical (unpaired) electrons. The van der Waals surface area contributed by atoms with Crippen LogP contribution in [0.5, 0.6) is 0 Å². The van der Waals surface area contributed by atoms with Gasteiger partial charge in [-0.05, 0) is 29.9 Å². The standard InChI is InChI=1S/C13H17NO/c1-9-5-6-10(7-13(2,3)4)11-8-14-15-12(9)11/h5-6,8H,7H2,1-4H3. The fraction of sp³-hybridized carbons (Fsp3) is 0.462. The van der Waals surface area contributed by atoms with E-state index in [0.717, 1.165) is 23.0 Å². The molecule has 0 saturated heterocycles. The zero-order valence-corrected chi connectivity index (χ0v) is 9.79. The van der Waals surface area contributed by atoms with Crippen molar-refractivity contribution < 1.29 is 4.52 Å². The van der Waals surface area contributed by atoms with E-state index in [0.29, 0.717) is 5.41 Å². The van der Waals surface area contributed by atoms with Crippen LogP contribution in [0.1, 0.15) is 31.9 Å². The molecule has 0 spiro atoms. The van der Waals surface area contributed by atoms with Gasteiger partial charge in [0.05, 0.1) is 6.20 Å². The summed E-state index contributed by atoms with van der Waals surface area (Å²) in [4.78, 5) is 0. The number of rotatable bonds is 1. The highest BCUT2D eigenvalue weighted by Crippen LogP contribution is 2.28. The third kappa shape index (κ3) is 2.04. The Labute approximate surface area is 90.3 Å². The van der Waals surface area contributed by atoms with Crippen LogP contribution in [0.4, 0.5) is 0 Å². The molecule has 2 nitrogen and oxygen atoms in total. The predicted octanol–water partition coefficient (Wildman–Crippen LogP) is 3.72. The molecule has 0 aliphatic rings. The molecule has 15 heavy (non-hydrogen) atoms. The number of aryl methyl sites for hydroxylation is 1. The summed E-state index contributed by atoms with van der Waals surface area (Å²) in [6.45, 7) is 8.78. The van der Waals surface area contributed by atoms with E-state index >= 15 is 0 Å². The topological polar surface area (TPSA) is 26.0 Å². The zero-order chi connectivity index (χ0) is 11.1. The molecule has 0 N–H and O–H groups in total. The van der Waals surface area contributed by atoms with Crippen LogP contribution in [-0.4, -0.2) is 5.16 Å². The normalized spacial score (nSPS) is 12.3. The minimum atomic E-state index is 0.291. The van der Waals surface area contributed by atoms with Crippen LogP contribution in [0.3, 0.4) is 0 Å². The van der Waals surface area contributed by atoms with Crippen molar-refractivity contribution in [1.29, 1.82) is 0 Å². The lowest BCUT2D eigenvalue weighted by atomic mass is 9.87. The number of hydrogen-bond acceptors (Lipinski definition) is 2. The minimum Gasteiger partial charge on any atom is -0.356 e. The molecule has 0 bridgehead atoms. The Kier molecular flexibility index (Phi) is 2.29. The smallest absolute Gasteiger partial charge is 0.170 e. The van der Waals surface area contributed by atoms with Gasteiger partial charge in [-0.2, -0.15) is 0 Å². The van der Waals surface area contributed by atoms with Gasteiger partial charge in [0.1, 0.15) is 0 Å². The van der Waals surface area contributed by atoms with Gasteiger partial charge in [0, 0.05) is 5.39 Å². The summed E-state index contributed by atoms with van der Waals surface area (Å²) >= 11 is 0. The Morgan fingerprint density at radius 3 is 2.67 bits per heavy atom. The van der Waals surface area contributed by atoms with Crippen LogP contribution in [0.2, 0.25) is 0 Å². The van der Waals surface area contributed by atoms with E-state index in [4.69, 9.17) is 4.52 Å². The van der Waals surface area contributed by atoms with E-state index < -0.39 is 0 Å². The van der Waals surface area contributed by atoms with Gasteiger partial charge in [-0.25, -0.2) is 0 Å². The Balaban J connectivity index is 2.53. The number of fused-ring (bicyclic) bond motifs is 1. The molecule has 1 aromatic carbocycles. The molecule has 0 unspecified atom stereocenters. The number of nitrogens with zero attached hydrogens (tertiary/aromatic N) is 1. The fourth-order valence-corrected chi connectivity index (χ4v) is 1.87. The van der Waals surface area contributed by atoms with Crippen molar-refractivity contribution in [3.8, 4) is 0 Å². The van der Waals surface area contributed by atoms with Crippen molar-refractivity contribution >= 4 is 11.0 Å². The van der Waals surface area contributed by atoms with Gasteiger partial charge in [-0.1, -0.05) is 38.1 Å². The number of benzene rings is 1. The van der Waals surface area contributed by atoms with Crippen LogP contribution in [0, 0.1) is 12.3 Å². The van der Waals surface area contributed by atoms with Crippen LogP contribution in [0.15, 0.2) is 22.9 Å². The van der Waals surface area contributed by atoms with Crippen molar-refractivity contribution in [2.75, 3.05) is 0 Å². The molecular weight excluding hydrogens is 186 g/mol. The summed E-state index contributed by atoms with van der Waals surface area (Å²) in [7, 11) is 0. The third-order valence-corrected chi connectivity index (χ3v) is 2.53. The van der Waals surface area contributed by atoms with Crippen molar-refractivity contribution in [2.24, 2.45) is 5.41 Å². The first-order chi connectivity index (χ1) is 6.97.